The number of rotatable bonds is 8. The number of benzene rings is 1. The normalized spacial score (nSPS) is 12.2. The summed E-state index contributed by atoms with van der Waals surface area (Å²) in [7, 11) is 0. The molecular weight excluding hydrogens is 234 g/mol. The first-order chi connectivity index (χ1) is 9.24. The van der Waals surface area contributed by atoms with E-state index in [4.69, 9.17) is 0 Å². The predicted molar refractivity (Wildman–Crippen MR) is 83.5 cm³/mol. The Kier molecular flexibility index (Phi) is 7.09. The van der Waals surface area contributed by atoms with Crippen molar-refractivity contribution in [2.45, 2.75) is 52.9 Å². The molecule has 0 spiro atoms. The molecule has 0 amide bonds. The third-order valence-corrected chi connectivity index (χ3v) is 3.30. The molecule has 0 atom stereocenters. The highest BCUT2D eigenvalue weighted by Gasteiger charge is 2.14. The zero-order valence-corrected chi connectivity index (χ0v) is 12.5. The monoisotopic (exact) mass is 261 g/mol. The summed E-state index contributed by atoms with van der Waals surface area (Å²) < 4.78 is 0. The van der Waals surface area contributed by atoms with Crippen molar-refractivity contribution in [1.82, 2.24) is 0 Å². The van der Waals surface area contributed by atoms with Gasteiger partial charge in [-0.15, -0.1) is 0 Å². The molecule has 0 aromatic heterocycles. The Balaban J connectivity index is 3.01. The molecule has 19 heavy (non-hydrogen) atoms. The molecule has 1 rings (SSSR count). The topological polar surface area (TPSA) is 23.5 Å². The zero-order valence-electron chi connectivity index (χ0n) is 12.5. The molecule has 0 aliphatic carbocycles. The highest BCUT2D eigenvalue weighted by molar-refractivity contribution is 5.52. The number of nitrogens with zero attached hydrogens (tertiary/aromatic N) is 1. The van der Waals surface area contributed by atoms with Gasteiger partial charge < -0.3 is 10.0 Å². The van der Waals surface area contributed by atoms with Gasteiger partial charge in [0.2, 0.25) is 0 Å². The Morgan fingerprint density at radius 3 is 2.21 bits per heavy atom. The summed E-state index contributed by atoms with van der Waals surface area (Å²) in [4.78, 5) is 2.23. The molecule has 1 aromatic carbocycles. The summed E-state index contributed by atoms with van der Waals surface area (Å²) in [5.41, 5.74) is 2.25. The van der Waals surface area contributed by atoms with E-state index in [1.807, 2.05) is 18.2 Å². The average molecular weight is 261 g/mol. The molecule has 0 aliphatic rings. The van der Waals surface area contributed by atoms with E-state index in [1.165, 1.54) is 0 Å². The van der Waals surface area contributed by atoms with E-state index < -0.39 is 0 Å². The van der Waals surface area contributed by atoms with E-state index in [1.54, 1.807) is 0 Å². The van der Waals surface area contributed by atoms with Gasteiger partial charge in [-0.2, -0.15) is 0 Å². The number of aliphatic hydroxyl groups excluding tert-OH is 1. The molecular formula is C17H27NO. The van der Waals surface area contributed by atoms with Crippen LogP contribution in [0.4, 0.5) is 5.69 Å². The molecule has 106 valence electrons. The fourth-order valence-corrected chi connectivity index (χ4v) is 2.30. The van der Waals surface area contributed by atoms with Crippen molar-refractivity contribution in [1.29, 1.82) is 0 Å². The molecule has 1 aromatic rings. The molecule has 0 aliphatic heterocycles. The number of unbranched alkanes of at least 4 members (excludes halogenated alkanes) is 1. The van der Waals surface area contributed by atoms with Crippen molar-refractivity contribution in [3.8, 4) is 0 Å². The quantitative estimate of drug-likeness (QED) is 0.644. The Bertz CT molecular complexity index is 384. The van der Waals surface area contributed by atoms with Crippen LogP contribution in [-0.4, -0.2) is 11.7 Å². The fourth-order valence-electron chi connectivity index (χ4n) is 2.30. The molecule has 1 N–H and O–H groups in total. The van der Waals surface area contributed by atoms with Crippen LogP contribution in [0.5, 0.6) is 0 Å². The van der Waals surface area contributed by atoms with Gasteiger partial charge >= 0.3 is 0 Å². The van der Waals surface area contributed by atoms with Crippen LogP contribution in [0.3, 0.4) is 0 Å². The number of allylic oxidation sites excluding steroid dienone is 2. The van der Waals surface area contributed by atoms with Gasteiger partial charge in [-0.1, -0.05) is 44.9 Å². The number of aliphatic hydroxyl groups is 1. The maximum Gasteiger partial charge on any atom is 0.112 e. The first-order valence-electron chi connectivity index (χ1n) is 7.48. The second-order valence-corrected chi connectivity index (χ2v) is 4.83. The van der Waals surface area contributed by atoms with E-state index in [9.17, 15) is 5.11 Å². The summed E-state index contributed by atoms with van der Waals surface area (Å²) in [6, 6.07) is 10.3. The van der Waals surface area contributed by atoms with Crippen molar-refractivity contribution in [3.63, 3.8) is 0 Å². The lowest BCUT2D eigenvalue weighted by Gasteiger charge is -2.27. The SMILES string of the molecule is CCCC/C(O)=C(/CCC)N(CC)c1ccccc1. The average Bonchev–Trinajstić information content (AvgIpc) is 2.45. The number of para-hydroxylation sites is 1. The number of hydrogen-bond acceptors (Lipinski definition) is 2. The van der Waals surface area contributed by atoms with Crippen LogP contribution in [0, 0.1) is 0 Å². The van der Waals surface area contributed by atoms with E-state index >= 15 is 0 Å². The zero-order chi connectivity index (χ0) is 14.1. The van der Waals surface area contributed by atoms with Crippen LogP contribution in [0.15, 0.2) is 41.8 Å². The van der Waals surface area contributed by atoms with E-state index in [0.29, 0.717) is 5.76 Å². The molecule has 0 heterocycles. The third-order valence-electron chi connectivity index (χ3n) is 3.30. The minimum atomic E-state index is 0.564. The maximum absolute atomic E-state index is 10.4. The van der Waals surface area contributed by atoms with Gasteiger partial charge in [0.1, 0.15) is 5.76 Å². The van der Waals surface area contributed by atoms with Crippen LogP contribution >= 0.6 is 0 Å². The molecule has 0 fully saturated rings. The number of anilines is 1. The second kappa shape index (κ2) is 8.63. The van der Waals surface area contributed by atoms with Gasteiger partial charge in [-0.3, -0.25) is 0 Å². The molecule has 0 saturated heterocycles. The van der Waals surface area contributed by atoms with Crippen molar-refractivity contribution in [2.24, 2.45) is 0 Å². The van der Waals surface area contributed by atoms with Crippen LogP contribution in [0.2, 0.25) is 0 Å². The Labute approximate surface area is 117 Å². The van der Waals surface area contributed by atoms with Crippen LogP contribution in [0.25, 0.3) is 0 Å². The molecule has 2 heteroatoms. The summed E-state index contributed by atoms with van der Waals surface area (Å²) in [5, 5.41) is 10.4. The Hall–Kier alpha value is -1.44. The van der Waals surface area contributed by atoms with Crippen LogP contribution < -0.4 is 4.90 Å². The third kappa shape index (κ3) is 4.62. The summed E-state index contributed by atoms with van der Waals surface area (Å²) >= 11 is 0. The minimum Gasteiger partial charge on any atom is -0.510 e. The van der Waals surface area contributed by atoms with E-state index in [0.717, 1.165) is 50.0 Å². The summed E-state index contributed by atoms with van der Waals surface area (Å²) in [6.07, 6.45) is 4.93. The van der Waals surface area contributed by atoms with Gasteiger partial charge in [0.15, 0.2) is 0 Å². The molecule has 0 unspecified atom stereocenters. The first-order valence-corrected chi connectivity index (χ1v) is 7.48. The predicted octanol–water partition coefficient (Wildman–Crippen LogP) is 5.27. The van der Waals surface area contributed by atoms with Crippen molar-refractivity contribution in [3.05, 3.63) is 41.8 Å². The van der Waals surface area contributed by atoms with Gasteiger partial charge in [0, 0.05) is 18.7 Å². The Morgan fingerprint density at radius 1 is 1.00 bits per heavy atom. The second-order valence-electron chi connectivity index (χ2n) is 4.83. The fraction of sp³-hybridized carbons (Fsp3) is 0.529. The van der Waals surface area contributed by atoms with Gasteiger partial charge in [0.05, 0.1) is 5.70 Å². The van der Waals surface area contributed by atoms with Crippen LogP contribution in [-0.2, 0) is 0 Å². The van der Waals surface area contributed by atoms with E-state index in [-0.39, 0.29) is 0 Å². The smallest absolute Gasteiger partial charge is 0.112 e. The Morgan fingerprint density at radius 2 is 1.68 bits per heavy atom. The van der Waals surface area contributed by atoms with Crippen molar-refractivity contribution < 1.29 is 5.11 Å². The summed E-state index contributed by atoms with van der Waals surface area (Å²) in [5.74, 6) is 0.564. The summed E-state index contributed by atoms with van der Waals surface area (Å²) in [6.45, 7) is 7.33. The van der Waals surface area contributed by atoms with Gasteiger partial charge in [-0.25, -0.2) is 0 Å². The minimum absolute atomic E-state index is 0.564. The standard InChI is InChI=1S/C17H27NO/c1-4-7-14-17(19)16(11-5-2)18(6-3)15-12-9-8-10-13-15/h8-10,12-13,19H,4-7,11,14H2,1-3H3/b17-16+. The maximum atomic E-state index is 10.4. The molecule has 0 saturated carbocycles. The first kappa shape index (κ1) is 15.6. The van der Waals surface area contributed by atoms with Gasteiger partial charge in [-0.05, 0) is 31.9 Å². The van der Waals surface area contributed by atoms with Crippen molar-refractivity contribution >= 4 is 5.69 Å². The molecule has 0 radical (unpaired) electrons. The van der Waals surface area contributed by atoms with Gasteiger partial charge in [0.25, 0.3) is 0 Å². The lowest BCUT2D eigenvalue weighted by molar-refractivity contribution is 0.370. The van der Waals surface area contributed by atoms with Crippen molar-refractivity contribution in [2.75, 3.05) is 11.4 Å². The lowest BCUT2D eigenvalue weighted by Crippen LogP contribution is -2.23. The highest BCUT2D eigenvalue weighted by atomic mass is 16.3. The molecule has 2 nitrogen and oxygen atoms in total. The highest BCUT2D eigenvalue weighted by Crippen LogP contribution is 2.25. The molecule has 0 bridgehead atoms. The van der Waals surface area contributed by atoms with Crippen LogP contribution in [0.1, 0.15) is 52.9 Å². The number of hydrogen-bond donors (Lipinski definition) is 1. The lowest BCUT2D eigenvalue weighted by atomic mass is 10.1. The largest absolute Gasteiger partial charge is 0.510 e. The van der Waals surface area contributed by atoms with E-state index in [2.05, 4.69) is 37.8 Å².